The van der Waals surface area contributed by atoms with Crippen molar-refractivity contribution in [2.24, 2.45) is 0 Å². The first kappa shape index (κ1) is 23.8. The largest absolute Gasteiger partial charge is 0.496 e. The van der Waals surface area contributed by atoms with Gasteiger partial charge in [-0.05, 0) is 25.8 Å². The van der Waals surface area contributed by atoms with Gasteiger partial charge in [0, 0.05) is 11.6 Å². The third-order valence-corrected chi connectivity index (χ3v) is 6.94. The molecule has 1 aliphatic carbocycles. The molecule has 1 aromatic heterocycles. The molecule has 2 aliphatic rings. The Kier molecular flexibility index (Phi) is 6.90. The number of methoxy groups -OCH3 is 2. The number of hydrogen-bond acceptors (Lipinski definition) is 6. The van der Waals surface area contributed by atoms with Crippen LogP contribution in [-0.4, -0.2) is 58.0 Å². The summed E-state index contributed by atoms with van der Waals surface area (Å²) in [5, 5.41) is 3.22. The van der Waals surface area contributed by atoms with Crippen LogP contribution in [0, 0.1) is 0 Å². The predicted octanol–water partition coefficient (Wildman–Crippen LogP) is 2.93. The molecular formula is C25H32N4O5. The second-order valence-electron chi connectivity index (χ2n) is 9.20. The van der Waals surface area contributed by atoms with Crippen LogP contribution in [0.5, 0.6) is 5.75 Å². The van der Waals surface area contributed by atoms with Crippen molar-refractivity contribution in [1.29, 1.82) is 0 Å². The highest BCUT2D eigenvalue weighted by Gasteiger charge is 2.49. The maximum Gasteiger partial charge on any atom is 0.359 e. The first-order valence-corrected chi connectivity index (χ1v) is 11.8. The number of nitrogens with one attached hydrogen (secondary N) is 1. The van der Waals surface area contributed by atoms with Crippen LogP contribution in [0.3, 0.4) is 0 Å². The molecule has 1 aromatic carbocycles. The lowest BCUT2D eigenvalue weighted by molar-refractivity contribution is -0.134. The minimum Gasteiger partial charge on any atom is -0.496 e. The van der Waals surface area contributed by atoms with Gasteiger partial charge >= 0.3 is 5.97 Å². The number of para-hydroxylation sites is 1. The van der Waals surface area contributed by atoms with E-state index < -0.39 is 17.4 Å². The van der Waals surface area contributed by atoms with Crippen LogP contribution in [0.15, 0.2) is 30.6 Å². The van der Waals surface area contributed by atoms with Crippen LogP contribution >= 0.6 is 0 Å². The van der Waals surface area contributed by atoms with Gasteiger partial charge in [-0.1, -0.05) is 43.9 Å². The smallest absolute Gasteiger partial charge is 0.359 e. The summed E-state index contributed by atoms with van der Waals surface area (Å²) in [6.07, 6.45) is 7.82. The number of carbonyl (C=O) groups is 3. The second-order valence-corrected chi connectivity index (χ2v) is 9.20. The van der Waals surface area contributed by atoms with Gasteiger partial charge in [-0.25, -0.2) is 9.78 Å². The Hall–Kier alpha value is -3.36. The van der Waals surface area contributed by atoms with Gasteiger partial charge < -0.3 is 24.3 Å². The maximum absolute atomic E-state index is 13.8. The lowest BCUT2D eigenvalue weighted by Gasteiger charge is -2.44. The summed E-state index contributed by atoms with van der Waals surface area (Å²) in [5.41, 5.74) is -0.352. The molecule has 9 nitrogen and oxygen atoms in total. The van der Waals surface area contributed by atoms with Gasteiger partial charge in [-0.15, -0.1) is 0 Å². The highest BCUT2D eigenvalue weighted by Crippen LogP contribution is 2.33. The van der Waals surface area contributed by atoms with Crippen LogP contribution in [0.1, 0.15) is 72.0 Å². The summed E-state index contributed by atoms with van der Waals surface area (Å²) in [5.74, 6) is -0.727. The van der Waals surface area contributed by atoms with E-state index in [9.17, 15) is 14.4 Å². The summed E-state index contributed by atoms with van der Waals surface area (Å²) in [4.78, 5) is 45.5. The number of rotatable bonds is 6. The van der Waals surface area contributed by atoms with E-state index in [2.05, 4.69) is 10.3 Å². The van der Waals surface area contributed by atoms with Crippen molar-refractivity contribution >= 4 is 17.8 Å². The number of benzene rings is 1. The molecule has 0 unspecified atom stereocenters. The van der Waals surface area contributed by atoms with E-state index in [1.54, 1.807) is 18.6 Å². The molecule has 1 aliphatic heterocycles. The molecule has 1 saturated carbocycles. The van der Waals surface area contributed by atoms with Crippen LogP contribution < -0.4 is 10.1 Å². The molecule has 2 amide bonds. The van der Waals surface area contributed by atoms with Crippen molar-refractivity contribution in [3.8, 4) is 5.75 Å². The van der Waals surface area contributed by atoms with Crippen LogP contribution in [0.2, 0.25) is 0 Å². The fourth-order valence-corrected chi connectivity index (χ4v) is 4.95. The van der Waals surface area contributed by atoms with E-state index in [1.807, 2.05) is 24.3 Å². The van der Waals surface area contributed by atoms with E-state index >= 15 is 0 Å². The second kappa shape index (κ2) is 9.87. The first-order valence-electron chi connectivity index (χ1n) is 11.8. The monoisotopic (exact) mass is 468 g/mol. The van der Waals surface area contributed by atoms with Crippen molar-refractivity contribution in [2.45, 2.75) is 70.1 Å². The summed E-state index contributed by atoms with van der Waals surface area (Å²) in [7, 11) is 2.82. The minimum absolute atomic E-state index is 0.0521. The Bertz CT molecular complexity index is 1070. The zero-order chi connectivity index (χ0) is 24.3. The number of aromatic nitrogens is 2. The third kappa shape index (κ3) is 4.38. The summed E-state index contributed by atoms with van der Waals surface area (Å²) in [6.45, 7) is 2.09. The Labute approximate surface area is 199 Å². The molecule has 1 atom stereocenters. The summed E-state index contributed by atoms with van der Waals surface area (Å²) >= 11 is 0. The van der Waals surface area contributed by atoms with Gasteiger partial charge in [0.2, 0.25) is 5.91 Å². The third-order valence-electron chi connectivity index (χ3n) is 6.94. The van der Waals surface area contributed by atoms with E-state index in [-0.39, 0.29) is 36.4 Å². The van der Waals surface area contributed by atoms with E-state index in [4.69, 9.17) is 9.47 Å². The van der Waals surface area contributed by atoms with E-state index in [0.717, 1.165) is 31.2 Å². The Morgan fingerprint density at radius 2 is 1.85 bits per heavy atom. The Balaban J connectivity index is 1.72. The quantitative estimate of drug-likeness (QED) is 0.517. The topological polar surface area (TPSA) is 103 Å². The van der Waals surface area contributed by atoms with Gasteiger partial charge in [-0.2, -0.15) is 0 Å². The summed E-state index contributed by atoms with van der Waals surface area (Å²) < 4.78 is 11.9. The minimum atomic E-state index is -1.19. The highest BCUT2D eigenvalue weighted by molar-refractivity contribution is 6.06. The van der Waals surface area contributed by atoms with Gasteiger partial charge in [0.25, 0.3) is 5.91 Å². The molecule has 2 aromatic rings. The predicted molar refractivity (Wildman–Crippen MR) is 124 cm³/mol. The highest BCUT2D eigenvalue weighted by atomic mass is 16.5. The molecule has 182 valence electrons. The molecule has 0 bridgehead atoms. The van der Waals surface area contributed by atoms with Gasteiger partial charge in [0.15, 0.2) is 5.69 Å². The molecule has 0 spiro atoms. The lowest BCUT2D eigenvalue weighted by atomic mass is 9.92. The van der Waals surface area contributed by atoms with Gasteiger partial charge in [0.05, 0.1) is 33.6 Å². The van der Waals surface area contributed by atoms with E-state index in [0.29, 0.717) is 5.75 Å². The first-order chi connectivity index (χ1) is 16.4. The normalized spacial score (nSPS) is 20.9. The number of imidazole rings is 1. The van der Waals surface area contributed by atoms with Crippen LogP contribution in [0.25, 0.3) is 0 Å². The molecule has 2 heterocycles. The molecule has 1 N–H and O–H groups in total. The molecule has 0 radical (unpaired) electrons. The number of carbonyl (C=O) groups excluding carboxylic acids is 3. The maximum atomic E-state index is 13.8. The fourth-order valence-electron chi connectivity index (χ4n) is 4.95. The fraction of sp³-hybridized carbons (Fsp3) is 0.520. The van der Waals surface area contributed by atoms with E-state index in [1.165, 1.54) is 31.2 Å². The van der Waals surface area contributed by atoms with Gasteiger partial charge in [0.1, 0.15) is 17.0 Å². The summed E-state index contributed by atoms with van der Waals surface area (Å²) in [6, 6.07) is 7.48. The average Bonchev–Trinajstić information content (AvgIpc) is 3.09. The molecular weight excluding hydrogens is 436 g/mol. The number of fused-ring (bicyclic) bond motifs is 1. The Morgan fingerprint density at radius 1 is 1.15 bits per heavy atom. The molecule has 1 fully saturated rings. The van der Waals surface area contributed by atoms with Crippen LogP contribution in [-0.2, 0) is 22.6 Å². The zero-order valence-electron chi connectivity index (χ0n) is 20.0. The van der Waals surface area contributed by atoms with Crippen molar-refractivity contribution in [3.63, 3.8) is 0 Å². The zero-order valence-corrected chi connectivity index (χ0v) is 20.0. The number of hydrogen-bond donors (Lipinski definition) is 1. The van der Waals surface area contributed by atoms with Crippen molar-refractivity contribution in [1.82, 2.24) is 19.8 Å². The molecule has 9 heteroatoms. The van der Waals surface area contributed by atoms with Crippen molar-refractivity contribution in [3.05, 3.63) is 47.5 Å². The standard InChI is InChI=1S/C25H32N4O5/c1-25(24(32)27-18-11-6-4-5-7-12-18)15-28-16-26-20(23(31)34-3)21(28)22(30)29(25)14-17-10-8-9-13-19(17)33-2/h8-10,13,16,18H,4-7,11-12,14-15H2,1-3H3,(H,27,32)/t25-/m0/s1. The molecule has 0 saturated heterocycles. The SMILES string of the molecule is COC(=O)c1ncn2c1C(=O)N(Cc1ccccc1OC)[C@](C)(C(=O)NC1CCCCCC1)C2. The molecule has 4 rings (SSSR count). The molecule has 34 heavy (non-hydrogen) atoms. The van der Waals surface area contributed by atoms with Crippen molar-refractivity contribution < 1.29 is 23.9 Å². The number of nitrogens with zero attached hydrogens (tertiary/aromatic N) is 3. The average molecular weight is 469 g/mol. The van der Waals surface area contributed by atoms with Crippen LogP contribution in [0.4, 0.5) is 0 Å². The number of esters is 1. The number of ether oxygens (including phenoxy) is 2. The van der Waals surface area contributed by atoms with Gasteiger partial charge in [-0.3, -0.25) is 9.59 Å². The lowest BCUT2D eigenvalue weighted by Crippen LogP contribution is -2.64. The Morgan fingerprint density at radius 3 is 2.53 bits per heavy atom. The number of amides is 2. The van der Waals surface area contributed by atoms with Crippen molar-refractivity contribution in [2.75, 3.05) is 14.2 Å².